The van der Waals surface area contributed by atoms with Crippen molar-refractivity contribution in [3.8, 4) is 0 Å². The van der Waals surface area contributed by atoms with E-state index in [4.69, 9.17) is 0 Å². The summed E-state index contributed by atoms with van der Waals surface area (Å²) in [5, 5.41) is 7.45. The first-order chi connectivity index (χ1) is 7.24. The van der Waals surface area contributed by atoms with Crippen LogP contribution < -0.4 is 21.9 Å². The molecule has 0 spiro atoms. The number of hydrogen-bond donors (Lipinski definition) is 3. The summed E-state index contributed by atoms with van der Waals surface area (Å²) < 4.78 is 0. The number of aromatic nitrogens is 2. The zero-order valence-corrected chi connectivity index (χ0v) is 8.25. The van der Waals surface area contributed by atoms with Crippen LogP contribution in [0.2, 0.25) is 0 Å². The molecular formula is C9H13N4O2. The lowest BCUT2D eigenvalue weighted by Crippen LogP contribution is -2.32. The summed E-state index contributed by atoms with van der Waals surface area (Å²) in [6, 6.07) is 1.76. The van der Waals surface area contributed by atoms with Gasteiger partial charge in [-0.05, 0) is 6.42 Å². The number of nitrogens with zero attached hydrogens (tertiary/aromatic N) is 1. The summed E-state index contributed by atoms with van der Waals surface area (Å²) in [6.07, 6.45) is 1.02. The molecule has 2 rings (SSSR count). The van der Waals surface area contributed by atoms with Gasteiger partial charge in [0.05, 0.1) is 0 Å². The molecule has 0 aromatic carbocycles. The summed E-state index contributed by atoms with van der Waals surface area (Å²) in [7, 11) is 0. The van der Waals surface area contributed by atoms with Crippen molar-refractivity contribution < 1.29 is 0 Å². The second-order valence-corrected chi connectivity index (χ2v) is 3.61. The summed E-state index contributed by atoms with van der Waals surface area (Å²) in [5.41, 5.74) is -0.224. The van der Waals surface area contributed by atoms with Gasteiger partial charge in [-0.25, -0.2) is 10.1 Å². The minimum Gasteiger partial charge on any atom is -0.310 e. The summed E-state index contributed by atoms with van der Waals surface area (Å²) in [4.78, 5) is 26.6. The van der Waals surface area contributed by atoms with Crippen LogP contribution in [0.5, 0.6) is 0 Å². The van der Waals surface area contributed by atoms with Gasteiger partial charge in [-0.2, -0.15) is 0 Å². The van der Waals surface area contributed by atoms with Crippen molar-refractivity contribution in [1.82, 2.24) is 20.6 Å². The normalized spacial score (nSPS) is 20.7. The average Bonchev–Trinajstić information content (AvgIpc) is 2.65. The monoisotopic (exact) mass is 209 g/mol. The molecule has 0 saturated carbocycles. The maximum atomic E-state index is 11.0. The second kappa shape index (κ2) is 4.41. The number of hydrogen-bond acceptors (Lipinski definition) is 3. The van der Waals surface area contributed by atoms with Crippen LogP contribution in [0.15, 0.2) is 15.7 Å². The zero-order chi connectivity index (χ0) is 10.7. The topological polar surface area (TPSA) is 91.8 Å². The number of aromatic amines is 2. The van der Waals surface area contributed by atoms with Crippen LogP contribution in [-0.2, 0) is 6.54 Å². The fourth-order valence-corrected chi connectivity index (χ4v) is 1.62. The minimum atomic E-state index is -0.463. The van der Waals surface area contributed by atoms with E-state index < -0.39 is 5.69 Å². The van der Waals surface area contributed by atoms with Crippen molar-refractivity contribution in [3.63, 3.8) is 0 Å². The molecule has 0 amide bonds. The van der Waals surface area contributed by atoms with Crippen molar-refractivity contribution in [2.75, 3.05) is 13.1 Å². The zero-order valence-electron chi connectivity index (χ0n) is 8.25. The molecule has 81 valence electrons. The molecule has 6 heteroatoms. The van der Waals surface area contributed by atoms with Gasteiger partial charge in [-0.15, -0.1) is 0 Å². The fraction of sp³-hybridized carbons (Fsp3) is 0.556. The van der Waals surface area contributed by atoms with Crippen molar-refractivity contribution in [1.29, 1.82) is 0 Å². The summed E-state index contributed by atoms with van der Waals surface area (Å²) >= 11 is 0. The van der Waals surface area contributed by atoms with Crippen LogP contribution in [0.4, 0.5) is 0 Å². The Bertz CT molecular complexity index is 402. The van der Waals surface area contributed by atoms with Gasteiger partial charge in [-0.3, -0.25) is 9.78 Å². The smallest absolute Gasteiger partial charge is 0.310 e. The van der Waals surface area contributed by atoms with Crippen LogP contribution in [0, 0.1) is 0 Å². The third-order valence-corrected chi connectivity index (χ3v) is 2.38. The van der Waals surface area contributed by atoms with Gasteiger partial charge in [0.2, 0.25) is 0 Å². The predicted octanol–water partition coefficient (Wildman–Crippen LogP) is -1.47. The summed E-state index contributed by atoms with van der Waals surface area (Å²) in [5.74, 6) is 0. The van der Waals surface area contributed by atoms with Crippen molar-refractivity contribution in [2.24, 2.45) is 0 Å². The van der Waals surface area contributed by atoms with Crippen LogP contribution in [-0.4, -0.2) is 29.1 Å². The van der Waals surface area contributed by atoms with E-state index in [0.29, 0.717) is 18.3 Å². The van der Waals surface area contributed by atoms with Crippen LogP contribution in [0.1, 0.15) is 12.1 Å². The van der Waals surface area contributed by atoms with E-state index in [1.807, 2.05) is 0 Å². The van der Waals surface area contributed by atoms with Gasteiger partial charge < -0.3 is 10.3 Å². The molecule has 6 nitrogen and oxygen atoms in total. The van der Waals surface area contributed by atoms with E-state index in [-0.39, 0.29) is 5.56 Å². The van der Waals surface area contributed by atoms with E-state index in [1.165, 1.54) is 6.07 Å². The third kappa shape index (κ3) is 2.77. The molecule has 1 aliphatic heterocycles. The number of rotatable bonds is 3. The maximum Gasteiger partial charge on any atom is 0.325 e. The molecule has 1 aromatic heterocycles. The van der Waals surface area contributed by atoms with Gasteiger partial charge in [0.1, 0.15) is 0 Å². The quantitative estimate of drug-likeness (QED) is 0.567. The van der Waals surface area contributed by atoms with Gasteiger partial charge in [-0.1, -0.05) is 0 Å². The maximum absolute atomic E-state index is 11.0. The first kappa shape index (κ1) is 10.1. The predicted molar refractivity (Wildman–Crippen MR) is 54.8 cm³/mol. The first-order valence-electron chi connectivity index (χ1n) is 4.93. The Kier molecular flexibility index (Phi) is 2.98. The van der Waals surface area contributed by atoms with Gasteiger partial charge in [0.25, 0.3) is 5.56 Å². The highest BCUT2D eigenvalue weighted by Gasteiger charge is 2.14. The Balaban J connectivity index is 1.98. The lowest BCUT2D eigenvalue weighted by Gasteiger charge is -2.09. The lowest BCUT2D eigenvalue weighted by atomic mass is 10.2. The van der Waals surface area contributed by atoms with Crippen molar-refractivity contribution in [2.45, 2.75) is 19.0 Å². The Hall–Kier alpha value is -1.40. The second-order valence-electron chi connectivity index (χ2n) is 3.61. The summed E-state index contributed by atoms with van der Waals surface area (Å²) in [6.45, 7) is 2.20. The van der Waals surface area contributed by atoms with E-state index >= 15 is 0 Å². The van der Waals surface area contributed by atoms with Crippen LogP contribution in [0.25, 0.3) is 0 Å². The molecule has 3 N–H and O–H groups in total. The van der Waals surface area contributed by atoms with Gasteiger partial charge in [0.15, 0.2) is 0 Å². The standard InChI is InChI=1S/C9H13N4O2/c14-8-3-7(12-9(15)13-8)5-11-6-1-2-10-4-6/h3,6,11H,1-2,4-5H2,(H2,12,13,14,15). The number of nitrogens with one attached hydrogen (secondary N) is 3. The van der Waals surface area contributed by atoms with E-state index in [1.54, 1.807) is 0 Å². The van der Waals surface area contributed by atoms with E-state index in [2.05, 4.69) is 20.6 Å². The molecule has 1 fully saturated rings. The molecule has 0 aliphatic carbocycles. The Morgan fingerprint density at radius 1 is 1.47 bits per heavy atom. The number of H-pyrrole nitrogens is 2. The highest BCUT2D eigenvalue weighted by molar-refractivity contribution is 4.98. The van der Waals surface area contributed by atoms with E-state index in [9.17, 15) is 9.59 Å². The van der Waals surface area contributed by atoms with Crippen molar-refractivity contribution in [3.05, 3.63) is 32.6 Å². The van der Waals surface area contributed by atoms with Crippen molar-refractivity contribution >= 4 is 0 Å². The molecule has 1 aliphatic rings. The molecule has 1 unspecified atom stereocenters. The Morgan fingerprint density at radius 2 is 2.33 bits per heavy atom. The molecule has 1 atom stereocenters. The molecule has 1 saturated heterocycles. The van der Waals surface area contributed by atoms with Gasteiger partial charge in [0, 0.05) is 37.4 Å². The lowest BCUT2D eigenvalue weighted by molar-refractivity contribution is 0.539. The molecule has 0 bridgehead atoms. The SMILES string of the molecule is O=c1cc(CNC2CC[N]C2)[nH]c(=O)[nH]1. The minimum absolute atomic E-state index is 0.368. The largest absolute Gasteiger partial charge is 0.325 e. The molecule has 2 heterocycles. The molecular weight excluding hydrogens is 196 g/mol. The van der Waals surface area contributed by atoms with Crippen LogP contribution >= 0.6 is 0 Å². The molecule has 1 radical (unpaired) electrons. The van der Waals surface area contributed by atoms with Gasteiger partial charge >= 0.3 is 5.69 Å². The van der Waals surface area contributed by atoms with E-state index in [0.717, 1.165) is 19.5 Å². The molecule has 1 aromatic rings. The Labute approximate surface area is 86.1 Å². The molecule has 15 heavy (non-hydrogen) atoms. The average molecular weight is 209 g/mol. The highest BCUT2D eigenvalue weighted by Crippen LogP contribution is 1.99. The highest BCUT2D eigenvalue weighted by atomic mass is 16.2. The Morgan fingerprint density at radius 3 is 3.00 bits per heavy atom. The fourth-order valence-electron chi connectivity index (χ4n) is 1.62. The third-order valence-electron chi connectivity index (χ3n) is 2.38. The first-order valence-corrected chi connectivity index (χ1v) is 4.93. The van der Waals surface area contributed by atoms with Crippen LogP contribution in [0.3, 0.4) is 0 Å².